The molecule has 1 heterocycles. The molecule has 0 aliphatic carbocycles. The van der Waals surface area contributed by atoms with Crippen LogP contribution in [0.4, 0.5) is 13.2 Å². The van der Waals surface area contributed by atoms with Crippen molar-refractivity contribution in [3.63, 3.8) is 0 Å². The minimum atomic E-state index is -4.88. The summed E-state index contributed by atoms with van der Waals surface area (Å²) in [5.74, 6) is -1.90. The Hall–Kier alpha value is -2.05. The van der Waals surface area contributed by atoms with Crippen molar-refractivity contribution in [1.82, 2.24) is 4.90 Å². The number of hydrogen-bond donors (Lipinski definition) is 1. The lowest BCUT2D eigenvalue weighted by atomic mass is 9.86. The predicted molar refractivity (Wildman–Crippen MR) is 86.0 cm³/mol. The van der Waals surface area contributed by atoms with E-state index in [-0.39, 0.29) is 13.0 Å². The Kier molecular flexibility index (Phi) is 5.44. The van der Waals surface area contributed by atoms with Crippen LogP contribution in [0.1, 0.15) is 31.4 Å². The van der Waals surface area contributed by atoms with Gasteiger partial charge in [0.05, 0.1) is 6.42 Å². The summed E-state index contributed by atoms with van der Waals surface area (Å²) in [6.45, 7) is 3.17. The summed E-state index contributed by atoms with van der Waals surface area (Å²) < 4.78 is 39.5. The van der Waals surface area contributed by atoms with Crippen LogP contribution in [0.3, 0.4) is 0 Å². The van der Waals surface area contributed by atoms with Gasteiger partial charge in [-0.05, 0) is 29.9 Å². The third kappa shape index (κ3) is 4.14. The summed E-state index contributed by atoms with van der Waals surface area (Å²) in [5.41, 5.74) is -1.02. The number of amides is 1. The lowest BCUT2D eigenvalue weighted by Gasteiger charge is -2.27. The van der Waals surface area contributed by atoms with Crippen LogP contribution < -0.4 is 0 Å². The van der Waals surface area contributed by atoms with Gasteiger partial charge in [-0.3, -0.25) is 9.59 Å². The first kappa shape index (κ1) is 19.3. The molecular formula is C18H22F3NO3. The molecule has 4 nitrogen and oxygen atoms in total. The van der Waals surface area contributed by atoms with Crippen molar-refractivity contribution in [2.45, 2.75) is 39.3 Å². The molecule has 1 N–H and O–H groups in total. The number of carboxylic acid groups (broad SMARTS) is 1. The highest BCUT2D eigenvalue weighted by molar-refractivity contribution is 5.82. The zero-order valence-electron chi connectivity index (χ0n) is 14.3. The highest BCUT2D eigenvalue weighted by atomic mass is 19.4. The van der Waals surface area contributed by atoms with Gasteiger partial charge < -0.3 is 10.0 Å². The average molecular weight is 357 g/mol. The molecule has 1 amide bonds. The van der Waals surface area contributed by atoms with Gasteiger partial charge in [-0.25, -0.2) is 0 Å². The molecule has 0 aromatic heterocycles. The number of halogens is 3. The van der Waals surface area contributed by atoms with E-state index in [9.17, 15) is 22.8 Å². The Morgan fingerprint density at radius 2 is 1.76 bits per heavy atom. The molecule has 1 aliphatic rings. The van der Waals surface area contributed by atoms with Crippen LogP contribution in [0.5, 0.6) is 0 Å². The number of alkyl halides is 3. The summed E-state index contributed by atoms with van der Waals surface area (Å²) in [4.78, 5) is 24.4. The van der Waals surface area contributed by atoms with Gasteiger partial charge in [0.25, 0.3) is 0 Å². The molecule has 1 atom stereocenters. The molecule has 7 heteroatoms. The van der Waals surface area contributed by atoms with Crippen molar-refractivity contribution in [2.24, 2.45) is 11.3 Å². The highest BCUT2D eigenvalue weighted by Gasteiger charge is 2.64. The number of carbonyl (C=O) groups is 2. The molecule has 1 fully saturated rings. The third-order valence-electron chi connectivity index (χ3n) is 4.60. The SMILES string of the molecule is CC(C)Cc1ccc(CC(=O)N2CCC(C(=O)O)(C(F)(F)F)C2)cc1. The van der Waals surface area contributed by atoms with Crippen LogP contribution in [0.2, 0.25) is 0 Å². The van der Waals surface area contributed by atoms with Crippen molar-refractivity contribution < 1.29 is 27.9 Å². The smallest absolute Gasteiger partial charge is 0.406 e. The van der Waals surface area contributed by atoms with E-state index >= 15 is 0 Å². The minimum Gasteiger partial charge on any atom is -0.481 e. The summed E-state index contributed by atoms with van der Waals surface area (Å²) in [6.07, 6.45) is -4.61. The fourth-order valence-corrected chi connectivity index (χ4v) is 3.10. The molecule has 1 unspecified atom stereocenters. The second-order valence-corrected chi connectivity index (χ2v) is 7.04. The Bertz CT molecular complexity index is 640. The van der Waals surface area contributed by atoms with Crippen LogP contribution in [-0.4, -0.2) is 41.1 Å². The number of rotatable bonds is 5. The van der Waals surface area contributed by atoms with E-state index in [2.05, 4.69) is 13.8 Å². The van der Waals surface area contributed by atoms with Crippen LogP contribution in [0.25, 0.3) is 0 Å². The van der Waals surface area contributed by atoms with E-state index in [4.69, 9.17) is 5.11 Å². The molecule has 1 saturated heterocycles. The number of carboxylic acids is 1. The summed E-state index contributed by atoms with van der Waals surface area (Å²) >= 11 is 0. The molecular weight excluding hydrogens is 335 g/mol. The molecule has 0 saturated carbocycles. The van der Waals surface area contributed by atoms with E-state index in [0.717, 1.165) is 16.9 Å². The van der Waals surface area contributed by atoms with Gasteiger partial charge >= 0.3 is 12.1 Å². The summed E-state index contributed by atoms with van der Waals surface area (Å²) in [7, 11) is 0. The maximum atomic E-state index is 13.2. The first-order chi connectivity index (χ1) is 11.5. The van der Waals surface area contributed by atoms with Gasteiger partial charge in [-0.15, -0.1) is 0 Å². The maximum absolute atomic E-state index is 13.2. The number of likely N-dealkylation sites (tertiary alicyclic amines) is 1. The molecule has 2 rings (SSSR count). The zero-order chi connectivity index (χ0) is 18.8. The number of carbonyl (C=O) groups excluding carboxylic acids is 1. The maximum Gasteiger partial charge on any atom is 0.406 e. The average Bonchev–Trinajstić information content (AvgIpc) is 2.95. The van der Waals surface area contributed by atoms with Gasteiger partial charge in [-0.1, -0.05) is 38.1 Å². The van der Waals surface area contributed by atoms with Gasteiger partial charge in [0.1, 0.15) is 0 Å². The van der Waals surface area contributed by atoms with Crippen molar-refractivity contribution in [3.8, 4) is 0 Å². The van der Waals surface area contributed by atoms with Gasteiger partial charge in [0, 0.05) is 13.1 Å². The third-order valence-corrected chi connectivity index (χ3v) is 4.60. The van der Waals surface area contributed by atoms with Crippen molar-refractivity contribution in [2.75, 3.05) is 13.1 Å². The largest absolute Gasteiger partial charge is 0.481 e. The summed E-state index contributed by atoms with van der Waals surface area (Å²) in [6, 6.07) is 7.40. The molecule has 1 aromatic carbocycles. The standard InChI is InChI=1S/C18H22F3NO3/c1-12(2)9-13-3-5-14(6-4-13)10-15(23)22-8-7-17(11-22,16(24)25)18(19,20)21/h3-6,12H,7-11H2,1-2H3,(H,24,25). The van der Waals surface area contributed by atoms with E-state index in [0.29, 0.717) is 11.5 Å². The molecule has 0 bridgehead atoms. The minimum absolute atomic E-state index is 0.0322. The lowest BCUT2D eigenvalue weighted by molar-refractivity contribution is -0.227. The first-order valence-electron chi connectivity index (χ1n) is 8.21. The van der Waals surface area contributed by atoms with E-state index < -0.39 is 36.4 Å². The fraction of sp³-hybridized carbons (Fsp3) is 0.556. The number of benzene rings is 1. The predicted octanol–water partition coefficient (Wildman–Crippen LogP) is 3.29. The second kappa shape index (κ2) is 7.06. The van der Waals surface area contributed by atoms with Crippen LogP contribution in [0.15, 0.2) is 24.3 Å². The number of hydrogen-bond acceptors (Lipinski definition) is 2. The van der Waals surface area contributed by atoms with Crippen LogP contribution in [-0.2, 0) is 22.4 Å². The van der Waals surface area contributed by atoms with E-state index in [1.807, 2.05) is 12.1 Å². The second-order valence-electron chi connectivity index (χ2n) is 7.04. The van der Waals surface area contributed by atoms with Gasteiger partial charge in [-0.2, -0.15) is 13.2 Å². The van der Waals surface area contributed by atoms with Gasteiger partial charge in [0.15, 0.2) is 5.41 Å². The number of nitrogens with zero attached hydrogens (tertiary/aromatic N) is 1. The van der Waals surface area contributed by atoms with Crippen molar-refractivity contribution >= 4 is 11.9 Å². The molecule has 1 aliphatic heterocycles. The van der Waals surface area contributed by atoms with E-state index in [1.165, 1.54) is 0 Å². The Balaban J connectivity index is 2.04. The Morgan fingerprint density at radius 3 is 2.20 bits per heavy atom. The van der Waals surface area contributed by atoms with Gasteiger partial charge in [0.2, 0.25) is 5.91 Å². The highest BCUT2D eigenvalue weighted by Crippen LogP contribution is 2.45. The fourth-order valence-electron chi connectivity index (χ4n) is 3.10. The zero-order valence-corrected chi connectivity index (χ0v) is 14.3. The first-order valence-corrected chi connectivity index (χ1v) is 8.21. The van der Waals surface area contributed by atoms with Crippen molar-refractivity contribution in [1.29, 1.82) is 0 Å². The Labute approximate surface area is 144 Å². The summed E-state index contributed by atoms with van der Waals surface area (Å²) in [5, 5.41) is 9.03. The molecule has 1 aromatic rings. The monoisotopic (exact) mass is 357 g/mol. The van der Waals surface area contributed by atoms with E-state index in [1.54, 1.807) is 12.1 Å². The molecule has 0 spiro atoms. The molecule has 138 valence electrons. The number of aliphatic carboxylic acids is 1. The van der Waals surface area contributed by atoms with Crippen molar-refractivity contribution in [3.05, 3.63) is 35.4 Å². The topological polar surface area (TPSA) is 57.6 Å². The normalized spacial score (nSPS) is 21.0. The Morgan fingerprint density at radius 1 is 1.20 bits per heavy atom. The molecule has 25 heavy (non-hydrogen) atoms. The quantitative estimate of drug-likeness (QED) is 0.880. The van der Waals surface area contributed by atoms with Crippen LogP contribution in [0, 0.1) is 11.3 Å². The molecule has 0 radical (unpaired) electrons. The lowest BCUT2D eigenvalue weighted by Crippen LogP contribution is -2.47. The van der Waals surface area contributed by atoms with Crippen LogP contribution >= 0.6 is 0 Å².